The van der Waals surface area contributed by atoms with E-state index in [9.17, 15) is 4.79 Å². The van der Waals surface area contributed by atoms with Gasteiger partial charge in [0, 0.05) is 11.6 Å². The van der Waals surface area contributed by atoms with Gasteiger partial charge in [-0.3, -0.25) is 4.79 Å². The first kappa shape index (κ1) is 12.2. The zero-order valence-corrected chi connectivity index (χ0v) is 9.84. The van der Waals surface area contributed by atoms with Crippen molar-refractivity contribution in [1.82, 2.24) is 5.32 Å². The molecule has 0 saturated carbocycles. The Morgan fingerprint density at radius 3 is 2.73 bits per heavy atom. The van der Waals surface area contributed by atoms with Crippen LogP contribution in [0.3, 0.4) is 0 Å². The Kier molecular flexibility index (Phi) is 4.79. The van der Waals surface area contributed by atoms with Gasteiger partial charge in [0.1, 0.15) is 0 Å². The van der Waals surface area contributed by atoms with Crippen LogP contribution in [0.1, 0.15) is 30.6 Å². The third-order valence-corrected chi connectivity index (χ3v) is 2.73. The van der Waals surface area contributed by atoms with Crippen molar-refractivity contribution in [2.24, 2.45) is 0 Å². The van der Waals surface area contributed by atoms with Gasteiger partial charge in [0.05, 0.1) is 11.6 Å². The predicted molar refractivity (Wildman–Crippen MR) is 63.5 cm³/mol. The van der Waals surface area contributed by atoms with Crippen molar-refractivity contribution in [3.05, 3.63) is 34.9 Å². The van der Waals surface area contributed by atoms with Gasteiger partial charge < -0.3 is 5.32 Å². The van der Waals surface area contributed by atoms with E-state index >= 15 is 0 Å². The maximum Gasteiger partial charge on any atom is 0.178 e. The standard InChI is InChI=1S/C12H16ClNO/c1-3-9(2)14-8-12(15)10-6-4-5-7-11(10)13/h4-7,9,14H,3,8H2,1-2H3. The second kappa shape index (κ2) is 5.89. The van der Waals surface area contributed by atoms with Gasteiger partial charge in [-0.2, -0.15) is 0 Å². The third kappa shape index (κ3) is 3.65. The lowest BCUT2D eigenvalue weighted by atomic mass is 10.1. The first-order chi connectivity index (χ1) is 7.15. The van der Waals surface area contributed by atoms with Gasteiger partial charge in [-0.1, -0.05) is 30.7 Å². The molecule has 1 atom stereocenters. The average molecular weight is 226 g/mol. The van der Waals surface area contributed by atoms with Crippen molar-refractivity contribution >= 4 is 17.4 Å². The van der Waals surface area contributed by atoms with E-state index in [1.807, 2.05) is 12.1 Å². The largest absolute Gasteiger partial charge is 0.307 e. The molecule has 1 N–H and O–H groups in total. The minimum atomic E-state index is 0.0425. The lowest BCUT2D eigenvalue weighted by Gasteiger charge is -2.10. The van der Waals surface area contributed by atoms with Crippen LogP contribution >= 0.6 is 11.6 Å². The number of carbonyl (C=O) groups excluding carboxylic acids is 1. The smallest absolute Gasteiger partial charge is 0.178 e. The number of carbonyl (C=O) groups is 1. The number of Topliss-reactive ketones (excluding diaryl/α,β-unsaturated/α-hetero) is 1. The lowest BCUT2D eigenvalue weighted by molar-refractivity contribution is 0.0988. The monoisotopic (exact) mass is 225 g/mol. The van der Waals surface area contributed by atoms with Crippen molar-refractivity contribution in [3.8, 4) is 0 Å². The van der Waals surface area contributed by atoms with Crippen molar-refractivity contribution in [3.63, 3.8) is 0 Å². The van der Waals surface area contributed by atoms with Crippen LogP contribution in [0.5, 0.6) is 0 Å². The number of nitrogens with one attached hydrogen (secondary N) is 1. The molecule has 0 amide bonds. The number of hydrogen-bond acceptors (Lipinski definition) is 2. The maximum absolute atomic E-state index is 11.7. The molecule has 0 aromatic heterocycles. The highest BCUT2D eigenvalue weighted by molar-refractivity contribution is 6.34. The second-order valence-corrected chi connectivity index (χ2v) is 4.00. The van der Waals surface area contributed by atoms with Gasteiger partial charge in [-0.15, -0.1) is 0 Å². The summed E-state index contributed by atoms with van der Waals surface area (Å²) in [6.07, 6.45) is 1.01. The van der Waals surface area contributed by atoms with Crippen molar-refractivity contribution in [1.29, 1.82) is 0 Å². The Bertz CT molecular complexity index is 338. The van der Waals surface area contributed by atoms with E-state index in [1.165, 1.54) is 0 Å². The summed E-state index contributed by atoms with van der Waals surface area (Å²) in [6, 6.07) is 7.49. The van der Waals surface area contributed by atoms with E-state index in [0.717, 1.165) is 6.42 Å². The minimum absolute atomic E-state index is 0.0425. The zero-order valence-electron chi connectivity index (χ0n) is 9.09. The van der Waals surface area contributed by atoms with E-state index in [4.69, 9.17) is 11.6 Å². The summed E-state index contributed by atoms with van der Waals surface area (Å²) in [6.45, 7) is 4.48. The Morgan fingerprint density at radius 2 is 2.13 bits per heavy atom. The van der Waals surface area contributed by atoms with Crippen LogP contribution in [0.25, 0.3) is 0 Å². The molecule has 0 aliphatic rings. The van der Waals surface area contributed by atoms with Crippen molar-refractivity contribution in [2.45, 2.75) is 26.3 Å². The van der Waals surface area contributed by atoms with Crippen molar-refractivity contribution < 1.29 is 4.79 Å². The predicted octanol–water partition coefficient (Wildman–Crippen LogP) is 2.91. The molecule has 1 rings (SSSR count). The molecule has 3 heteroatoms. The van der Waals surface area contributed by atoms with Gasteiger partial charge in [-0.05, 0) is 25.5 Å². The molecule has 1 aromatic carbocycles. The first-order valence-corrected chi connectivity index (χ1v) is 5.54. The fourth-order valence-electron chi connectivity index (χ4n) is 1.19. The number of rotatable bonds is 5. The highest BCUT2D eigenvalue weighted by atomic mass is 35.5. The first-order valence-electron chi connectivity index (χ1n) is 5.16. The van der Waals surface area contributed by atoms with Crippen LogP contribution in [0.4, 0.5) is 0 Å². The minimum Gasteiger partial charge on any atom is -0.307 e. The Morgan fingerprint density at radius 1 is 1.47 bits per heavy atom. The number of hydrogen-bond donors (Lipinski definition) is 1. The maximum atomic E-state index is 11.7. The quantitative estimate of drug-likeness (QED) is 0.781. The number of halogens is 1. The average Bonchev–Trinajstić information content (AvgIpc) is 2.26. The Balaban J connectivity index is 2.58. The van der Waals surface area contributed by atoms with E-state index in [1.54, 1.807) is 12.1 Å². The summed E-state index contributed by atoms with van der Waals surface area (Å²) in [4.78, 5) is 11.7. The van der Waals surface area contributed by atoms with Gasteiger partial charge in [0.2, 0.25) is 0 Å². The highest BCUT2D eigenvalue weighted by Gasteiger charge is 2.09. The topological polar surface area (TPSA) is 29.1 Å². The van der Waals surface area contributed by atoms with Crippen LogP contribution in [-0.4, -0.2) is 18.4 Å². The Labute approximate surface area is 95.6 Å². The highest BCUT2D eigenvalue weighted by Crippen LogP contribution is 2.14. The molecule has 0 spiro atoms. The van der Waals surface area contributed by atoms with Gasteiger partial charge in [0.25, 0.3) is 0 Å². The van der Waals surface area contributed by atoms with Gasteiger partial charge in [0.15, 0.2) is 5.78 Å². The Hall–Kier alpha value is -0.860. The molecule has 0 aliphatic carbocycles. The van der Waals surface area contributed by atoms with Gasteiger partial charge in [-0.25, -0.2) is 0 Å². The van der Waals surface area contributed by atoms with E-state index in [0.29, 0.717) is 23.2 Å². The molecule has 0 saturated heterocycles. The summed E-state index contributed by atoms with van der Waals surface area (Å²) >= 11 is 5.92. The fourth-order valence-corrected chi connectivity index (χ4v) is 1.43. The normalized spacial score (nSPS) is 12.5. The lowest BCUT2D eigenvalue weighted by Crippen LogP contribution is -2.31. The van der Waals surface area contributed by atoms with Crippen LogP contribution in [-0.2, 0) is 0 Å². The molecule has 0 bridgehead atoms. The second-order valence-electron chi connectivity index (χ2n) is 3.59. The fraction of sp³-hybridized carbons (Fsp3) is 0.417. The number of benzene rings is 1. The number of ketones is 1. The molecular formula is C12H16ClNO. The molecule has 2 nitrogen and oxygen atoms in total. The summed E-state index contributed by atoms with van der Waals surface area (Å²) in [5, 5.41) is 3.67. The van der Waals surface area contributed by atoms with E-state index in [-0.39, 0.29) is 5.78 Å². The van der Waals surface area contributed by atoms with Crippen LogP contribution in [0, 0.1) is 0 Å². The van der Waals surface area contributed by atoms with Crippen LogP contribution < -0.4 is 5.32 Å². The zero-order chi connectivity index (χ0) is 11.3. The molecule has 0 fully saturated rings. The molecule has 82 valence electrons. The SMILES string of the molecule is CCC(C)NCC(=O)c1ccccc1Cl. The summed E-state index contributed by atoms with van der Waals surface area (Å²) < 4.78 is 0. The molecule has 15 heavy (non-hydrogen) atoms. The summed E-state index contributed by atoms with van der Waals surface area (Å²) in [5.41, 5.74) is 0.593. The van der Waals surface area contributed by atoms with Crippen LogP contribution in [0.2, 0.25) is 5.02 Å². The third-order valence-electron chi connectivity index (χ3n) is 2.40. The van der Waals surface area contributed by atoms with Crippen molar-refractivity contribution in [2.75, 3.05) is 6.54 Å². The summed E-state index contributed by atoms with van der Waals surface area (Å²) in [5.74, 6) is 0.0425. The molecule has 1 unspecified atom stereocenters. The molecule has 1 aromatic rings. The molecule has 0 radical (unpaired) electrons. The van der Waals surface area contributed by atoms with Gasteiger partial charge >= 0.3 is 0 Å². The molecule has 0 aliphatic heterocycles. The summed E-state index contributed by atoms with van der Waals surface area (Å²) in [7, 11) is 0. The van der Waals surface area contributed by atoms with E-state index < -0.39 is 0 Å². The van der Waals surface area contributed by atoms with Crippen LogP contribution in [0.15, 0.2) is 24.3 Å². The van der Waals surface area contributed by atoms with E-state index in [2.05, 4.69) is 19.2 Å². The molecule has 0 heterocycles. The molecular weight excluding hydrogens is 210 g/mol.